The van der Waals surface area contributed by atoms with E-state index in [1.807, 2.05) is 0 Å². The van der Waals surface area contributed by atoms with Gasteiger partial charge in [-0.2, -0.15) is 0 Å². The topological polar surface area (TPSA) is 117 Å². The van der Waals surface area contributed by atoms with Gasteiger partial charge in [-0.25, -0.2) is 18.1 Å². The van der Waals surface area contributed by atoms with Crippen LogP contribution in [0.5, 0.6) is 0 Å². The van der Waals surface area contributed by atoms with Gasteiger partial charge in [-0.1, -0.05) is 6.92 Å². The number of nitrogens with zero attached hydrogens (tertiary/aromatic N) is 3. The maximum absolute atomic E-state index is 11.2. The van der Waals surface area contributed by atoms with Crippen LogP contribution >= 0.6 is 0 Å². The summed E-state index contributed by atoms with van der Waals surface area (Å²) in [4.78, 5) is 14.9. The van der Waals surface area contributed by atoms with E-state index in [0.717, 1.165) is 0 Å². The second kappa shape index (κ2) is 5.62. The Morgan fingerprint density at radius 3 is 2.82 bits per heavy atom. The molecule has 0 fully saturated rings. The Kier molecular flexibility index (Phi) is 4.44. The van der Waals surface area contributed by atoms with Crippen LogP contribution in [-0.4, -0.2) is 47.3 Å². The average Bonchev–Trinajstić information content (AvgIpc) is 2.63. The smallest absolute Gasteiger partial charge is 0.327 e. The number of nitrogens with two attached hydrogens (primary N) is 1. The first-order chi connectivity index (χ1) is 7.93. The van der Waals surface area contributed by atoms with Gasteiger partial charge in [-0.15, -0.1) is 5.10 Å². The largest absolute Gasteiger partial charge is 0.463 e. The molecule has 1 heterocycles. The lowest BCUT2D eigenvalue weighted by Gasteiger charge is -2.04. The van der Waals surface area contributed by atoms with Crippen molar-refractivity contribution in [2.45, 2.75) is 13.5 Å². The van der Waals surface area contributed by atoms with Crippen LogP contribution in [0, 0.1) is 0 Å². The van der Waals surface area contributed by atoms with Crippen molar-refractivity contribution in [3.05, 3.63) is 6.33 Å². The highest BCUT2D eigenvalue weighted by atomic mass is 32.2. The molecule has 0 saturated carbocycles. The van der Waals surface area contributed by atoms with E-state index in [2.05, 4.69) is 10.1 Å². The number of nitrogen functional groups attached to an aromatic ring is 1. The first kappa shape index (κ1) is 13.4. The number of anilines is 1. The summed E-state index contributed by atoms with van der Waals surface area (Å²) in [6.07, 6.45) is 1.29. The van der Waals surface area contributed by atoms with Gasteiger partial charge in [0, 0.05) is 5.75 Å². The van der Waals surface area contributed by atoms with E-state index in [4.69, 9.17) is 10.5 Å². The normalized spacial score (nSPS) is 11.4. The predicted molar refractivity (Wildman–Crippen MR) is 59.7 cm³/mol. The van der Waals surface area contributed by atoms with Gasteiger partial charge in [0.25, 0.3) is 0 Å². The van der Waals surface area contributed by atoms with Gasteiger partial charge in [0.1, 0.15) is 19.5 Å². The minimum absolute atomic E-state index is 0.0319. The Morgan fingerprint density at radius 2 is 2.29 bits per heavy atom. The lowest BCUT2D eigenvalue weighted by Crippen LogP contribution is -2.19. The van der Waals surface area contributed by atoms with E-state index in [1.54, 1.807) is 0 Å². The highest BCUT2D eigenvalue weighted by molar-refractivity contribution is 7.91. The van der Waals surface area contributed by atoms with Crippen molar-refractivity contribution in [1.29, 1.82) is 0 Å². The molecule has 0 atom stereocenters. The minimum atomic E-state index is -3.12. The van der Waals surface area contributed by atoms with Crippen LogP contribution in [0.15, 0.2) is 6.33 Å². The van der Waals surface area contributed by atoms with Gasteiger partial charge >= 0.3 is 5.97 Å². The molecular weight excluding hydrogens is 248 g/mol. The third kappa shape index (κ3) is 4.81. The third-order valence-electron chi connectivity index (χ3n) is 1.94. The number of sulfone groups is 1. The highest BCUT2D eigenvalue weighted by Crippen LogP contribution is 1.93. The maximum atomic E-state index is 11.2. The molecule has 0 aromatic carbocycles. The molecule has 1 rings (SSSR count). The minimum Gasteiger partial charge on any atom is -0.463 e. The molecule has 0 amide bonds. The number of aromatic nitrogens is 3. The van der Waals surface area contributed by atoms with E-state index < -0.39 is 15.8 Å². The van der Waals surface area contributed by atoms with Gasteiger partial charge < -0.3 is 10.5 Å². The van der Waals surface area contributed by atoms with Gasteiger partial charge in [0.05, 0.1) is 5.75 Å². The van der Waals surface area contributed by atoms with E-state index in [-0.39, 0.29) is 30.6 Å². The molecule has 2 N–H and O–H groups in total. The number of hydrogen-bond acceptors (Lipinski definition) is 7. The van der Waals surface area contributed by atoms with Crippen molar-refractivity contribution in [2.24, 2.45) is 0 Å². The quantitative estimate of drug-likeness (QED) is 0.642. The molecule has 96 valence electrons. The third-order valence-corrected chi connectivity index (χ3v) is 3.61. The molecular formula is C8H14N4O4S. The van der Waals surface area contributed by atoms with Crippen LogP contribution < -0.4 is 5.73 Å². The number of ether oxygens (including phenoxy) is 1. The van der Waals surface area contributed by atoms with Crippen molar-refractivity contribution < 1.29 is 17.9 Å². The average molecular weight is 262 g/mol. The Balaban J connectivity index is 2.31. The van der Waals surface area contributed by atoms with E-state index in [0.29, 0.717) is 0 Å². The van der Waals surface area contributed by atoms with Crippen molar-refractivity contribution in [3.8, 4) is 0 Å². The van der Waals surface area contributed by atoms with E-state index in [1.165, 1.54) is 17.9 Å². The zero-order chi connectivity index (χ0) is 12.9. The van der Waals surface area contributed by atoms with Crippen LogP contribution in [0.25, 0.3) is 0 Å². The van der Waals surface area contributed by atoms with E-state index >= 15 is 0 Å². The summed E-state index contributed by atoms with van der Waals surface area (Å²) >= 11 is 0. The first-order valence-corrected chi connectivity index (χ1v) is 6.76. The molecule has 0 aliphatic rings. The second-order valence-electron chi connectivity index (χ2n) is 3.26. The molecule has 1 aromatic heterocycles. The Morgan fingerprint density at radius 1 is 1.59 bits per heavy atom. The second-order valence-corrected chi connectivity index (χ2v) is 5.73. The predicted octanol–water partition coefficient (Wildman–Crippen LogP) is -1.16. The van der Waals surface area contributed by atoms with Gasteiger partial charge in [0.2, 0.25) is 5.95 Å². The summed E-state index contributed by atoms with van der Waals surface area (Å²) in [7, 11) is -3.12. The van der Waals surface area contributed by atoms with Crippen molar-refractivity contribution >= 4 is 21.8 Å². The number of rotatable bonds is 6. The monoisotopic (exact) mass is 262 g/mol. The fraction of sp³-hybridized carbons (Fsp3) is 0.625. The molecule has 1 aromatic rings. The van der Waals surface area contributed by atoms with Gasteiger partial charge in [0.15, 0.2) is 9.84 Å². The maximum Gasteiger partial charge on any atom is 0.327 e. The SMILES string of the molecule is CCS(=O)(=O)CCOC(=O)Cn1cnc(N)n1. The molecule has 17 heavy (non-hydrogen) atoms. The lowest BCUT2D eigenvalue weighted by molar-refractivity contribution is -0.143. The fourth-order valence-electron chi connectivity index (χ4n) is 0.990. The lowest BCUT2D eigenvalue weighted by atomic mass is 10.6. The van der Waals surface area contributed by atoms with Gasteiger partial charge in [-0.3, -0.25) is 4.79 Å². The van der Waals surface area contributed by atoms with Crippen molar-refractivity contribution in [3.63, 3.8) is 0 Å². The van der Waals surface area contributed by atoms with Crippen molar-refractivity contribution in [1.82, 2.24) is 14.8 Å². The molecule has 8 nitrogen and oxygen atoms in total. The van der Waals surface area contributed by atoms with Crippen LogP contribution in [0.1, 0.15) is 6.92 Å². The van der Waals surface area contributed by atoms with E-state index in [9.17, 15) is 13.2 Å². The number of carbonyl (C=O) groups is 1. The number of hydrogen-bond donors (Lipinski definition) is 1. The summed E-state index contributed by atoms with van der Waals surface area (Å²) in [5.41, 5.74) is 5.26. The zero-order valence-corrected chi connectivity index (χ0v) is 10.2. The summed E-state index contributed by atoms with van der Waals surface area (Å²) in [5, 5.41) is 3.69. The Labute approximate surface area is 98.7 Å². The summed E-state index contributed by atoms with van der Waals surface area (Å²) in [6.45, 7) is 1.24. The molecule has 0 spiro atoms. The summed E-state index contributed by atoms with van der Waals surface area (Å²) < 4.78 is 28.2. The highest BCUT2D eigenvalue weighted by Gasteiger charge is 2.10. The molecule has 9 heteroatoms. The molecule has 0 saturated heterocycles. The summed E-state index contributed by atoms with van der Waals surface area (Å²) in [5.74, 6) is -0.661. The van der Waals surface area contributed by atoms with Gasteiger partial charge in [-0.05, 0) is 0 Å². The zero-order valence-electron chi connectivity index (χ0n) is 9.37. The summed E-state index contributed by atoms with van der Waals surface area (Å²) in [6, 6.07) is 0. The number of esters is 1. The van der Waals surface area contributed by atoms with Crippen molar-refractivity contribution in [2.75, 3.05) is 23.8 Å². The number of carbonyl (C=O) groups excluding carboxylic acids is 1. The Bertz CT molecular complexity index is 481. The van der Waals surface area contributed by atoms with Crippen LogP contribution in [-0.2, 0) is 25.9 Å². The molecule has 0 aliphatic heterocycles. The van der Waals surface area contributed by atoms with Crippen LogP contribution in [0.4, 0.5) is 5.95 Å². The molecule has 0 bridgehead atoms. The molecule has 0 unspecified atom stereocenters. The van der Waals surface area contributed by atoms with Crippen LogP contribution in [0.2, 0.25) is 0 Å². The first-order valence-electron chi connectivity index (χ1n) is 4.94. The standard InChI is InChI=1S/C8H14N4O4S/c1-2-17(14,15)4-3-16-7(13)5-12-6-10-8(9)11-12/h6H,2-5H2,1H3,(H2,9,11). The fourth-order valence-corrected chi connectivity index (χ4v) is 1.62. The molecule has 0 radical (unpaired) electrons. The van der Waals surface area contributed by atoms with Crippen LogP contribution in [0.3, 0.4) is 0 Å². The Hall–Kier alpha value is -1.64. The molecule has 0 aliphatic carbocycles.